The Morgan fingerprint density at radius 2 is 1.90 bits per heavy atom. The van der Waals surface area contributed by atoms with Gasteiger partial charge < -0.3 is 4.90 Å². The maximum Gasteiger partial charge on any atom is 0.258 e. The molecule has 0 fully saturated rings. The van der Waals surface area contributed by atoms with Crippen molar-refractivity contribution in [2.75, 3.05) is 11.4 Å². The molecule has 1 aliphatic rings. The standard InChI is InChI=1S/C16H13FINO/c17-14-5-1-3-11-4-2-10-19(15(11)14)16(20)12-6-8-13(18)9-7-12/h1,3,5-9H,2,4,10H2. The number of carbonyl (C=O) groups excluding carboxylic acids is 1. The minimum absolute atomic E-state index is 0.132. The second-order valence-corrected chi connectivity index (χ2v) is 6.06. The van der Waals surface area contributed by atoms with E-state index in [2.05, 4.69) is 22.6 Å². The van der Waals surface area contributed by atoms with Gasteiger partial charge in [0.05, 0.1) is 5.69 Å². The molecule has 2 aromatic carbocycles. The van der Waals surface area contributed by atoms with Crippen molar-refractivity contribution in [3.8, 4) is 0 Å². The molecule has 2 aromatic rings. The molecule has 0 aliphatic carbocycles. The van der Waals surface area contributed by atoms with Crippen LogP contribution in [0, 0.1) is 9.39 Å². The Morgan fingerprint density at radius 3 is 2.65 bits per heavy atom. The zero-order valence-corrected chi connectivity index (χ0v) is 12.9. The summed E-state index contributed by atoms with van der Waals surface area (Å²) in [5, 5.41) is 0. The van der Waals surface area contributed by atoms with E-state index in [-0.39, 0.29) is 11.7 Å². The van der Waals surface area contributed by atoms with Gasteiger partial charge in [-0.15, -0.1) is 0 Å². The van der Waals surface area contributed by atoms with Crippen LogP contribution in [0.2, 0.25) is 0 Å². The van der Waals surface area contributed by atoms with Crippen LogP contribution >= 0.6 is 22.6 Å². The van der Waals surface area contributed by atoms with Crippen molar-refractivity contribution in [2.45, 2.75) is 12.8 Å². The zero-order valence-electron chi connectivity index (χ0n) is 10.8. The van der Waals surface area contributed by atoms with Crippen LogP contribution in [0.25, 0.3) is 0 Å². The van der Waals surface area contributed by atoms with E-state index in [0.717, 1.165) is 22.0 Å². The van der Waals surface area contributed by atoms with E-state index in [1.807, 2.05) is 18.2 Å². The Kier molecular flexibility index (Phi) is 3.74. The summed E-state index contributed by atoms with van der Waals surface area (Å²) in [4.78, 5) is 14.1. The van der Waals surface area contributed by atoms with Gasteiger partial charge in [-0.3, -0.25) is 4.79 Å². The maximum absolute atomic E-state index is 14.1. The molecule has 1 amide bonds. The fraction of sp³-hybridized carbons (Fsp3) is 0.188. The Balaban J connectivity index is 2.00. The predicted molar refractivity (Wildman–Crippen MR) is 85.6 cm³/mol. The number of amides is 1. The Hall–Kier alpha value is -1.43. The molecule has 0 saturated heterocycles. The van der Waals surface area contributed by atoms with Crippen LogP contribution < -0.4 is 4.90 Å². The van der Waals surface area contributed by atoms with Crippen molar-refractivity contribution in [3.05, 3.63) is 63.0 Å². The van der Waals surface area contributed by atoms with E-state index in [1.165, 1.54) is 6.07 Å². The van der Waals surface area contributed by atoms with Gasteiger partial charge in [0.15, 0.2) is 0 Å². The molecule has 4 heteroatoms. The number of aryl methyl sites for hydroxylation is 1. The molecule has 0 radical (unpaired) electrons. The van der Waals surface area contributed by atoms with Gasteiger partial charge in [0.25, 0.3) is 5.91 Å². The minimum Gasteiger partial charge on any atom is -0.305 e. The summed E-state index contributed by atoms with van der Waals surface area (Å²) in [6, 6.07) is 12.4. The van der Waals surface area contributed by atoms with Gasteiger partial charge in [-0.25, -0.2) is 4.39 Å². The molecule has 3 rings (SSSR count). The number of fused-ring (bicyclic) bond motifs is 1. The summed E-state index contributed by atoms with van der Waals surface area (Å²) in [5.74, 6) is -0.450. The lowest BCUT2D eigenvalue weighted by Crippen LogP contribution is -2.36. The van der Waals surface area contributed by atoms with Gasteiger partial charge in [0.2, 0.25) is 0 Å². The molecule has 1 aliphatic heterocycles. The maximum atomic E-state index is 14.1. The lowest BCUT2D eigenvalue weighted by Gasteiger charge is -2.29. The zero-order chi connectivity index (χ0) is 14.1. The second-order valence-electron chi connectivity index (χ2n) is 4.81. The third kappa shape index (κ3) is 2.44. The van der Waals surface area contributed by atoms with E-state index in [4.69, 9.17) is 0 Å². The van der Waals surface area contributed by atoms with Gasteiger partial charge in [0.1, 0.15) is 5.82 Å². The van der Waals surface area contributed by atoms with E-state index < -0.39 is 0 Å². The van der Waals surface area contributed by atoms with Crippen LogP contribution in [0.4, 0.5) is 10.1 Å². The topological polar surface area (TPSA) is 20.3 Å². The Bertz CT molecular complexity index is 654. The first-order valence-electron chi connectivity index (χ1n) is 6.51. The van der Waals surface area contributed by atoms with E-state index in [9.17, 15) is 9.18 Å². The van der Waals surface area contributed by atoms with Gasteiger partial charge in [0, 0.05) is 15.7 Å². The van der Waals surface area contributed by atoms with Gasteiger partial charge in [-0.1, -0.05) is 12.1 Å². The third-order valence-electron chi connectivity index (χ3n) is 3.50. The van der Waals surface area contributed by atoms with Crippen molar-refractivity contribution in [1.29, 1.82) is 0 Å². The van der Waals surface area contributed by atoms with Crippen molar-refractivity contribution in [1.82, 2.24) is 0 Å². The Labute approximate surface area is 130 Å². The van der Waals surface area contributed by atoms with Crippen molar-refractivity contribution in [3.63, 3.8) is 0 Å². The van der Waals surface area contributed by atoms with Crippen LogP contribution in [0.5, 0.6) is 0 Å². The average Bonchev–Trinajstić information content (AvgIpc) is 2.47. The first-order valence-corrected chi connectivity index (χ1v) is 7.59. The molecule has 0 spiro atoms. The number of anilines is 1. The van der Waals surface area contributed by atoms with E-state index in [1.54, 1.807) is 23.1 Å². The Morgan fingerprint density at radius 1 is 1.15 bits per heavy atom. The fourth-order valence-electron chi connectivity index (χ4n) is 2.55. The number of rotatable bonds is 1. The minimum atomic E-state index is -0.318. The predicted octanol–water partition coefficient (Wildman–Crippen LogP) is 4.02. The van der Waals surface area contributed by atoms with Crippen molar-refractivity contribution < 1.29 is 9.18 Å². The highest BCUT2D eigenvalue weighted by Crippen LogP contribution is 2.31. The normalized spacial score (nSPS) is 14.0. The smallest absolute Gasteiger partial charge is 0.258 e. The van der Waals surface area contributed by atoms with Gasteiger partial charge in [-0.2, -0.15) is 0 Å². The first-order chi connectivity index (χ1) is 9.66. The molecule has 1 heterocycles. The van der Waals surface area contributed by atoms with Crippen LogP contribution in [-0.4, -0.2) is 12.5 Å². The van der Waals surface area contributed by atoms with Crippen LogP contribution in [-0.2, 0) is 6.42 Å². The number of nitrogens with zero attached hydrogens (tertiary/aromatic N) is 1. The summed E-state index contributed by atoms with van der Waals surface area (Å²) >= 11 is 2.19. The lowest BCUT2D eigenvalue weighted by molar-refractivity contribution is 0.0984. The third-order valence-corrected chi connectivity index (χ3v) is 4.22. The van der Waals surface area contributed by atoms with Crippen molar-refractivity contribution >= 4 is 34.2 Å². The largest absolute Gasteiger partial charge is 0.305 e. The summed E-state index contributed by atoms with van der Waals surface area (Å²) in [6.07, 6.45) is 1.69. The summed E-state index contributed by atoms with van der Waals surface area (Å²) in [5.41, 5.74) is 1.96. The van der Waals surface area contributed by atoms with Crippen LogP contribution in [0.1, 0.15) is 22.3 Å². The SMILES string of the molecule is O=C(c1ccc(I)cc1)N1CCCc2cccc(F)c21. The molecule has 0 unspecified atom stereocenters. The molecular formula is C16H13FINO. The highest BCUT2D eigenvalue weighted by Gasteiger charge is 2.26. The number of carbonyl (C=O) groups is 1. The molecule has 2 nitrogen and oxygen atoms in total. The number of hydrogen-bond donors (Lipinski definition) is 0. The number of para-hydroxylation sites is 1. The van der Waals surface area contributed by atoms with Gasteiger partial charge in [-0.05, 0) is 71.3 Å². The molecule has 0 aromatic heterocycles. The number of hydrogen-bond acceptors (Lipinski definition) is 1. The summed E-state index contributed by atoms with van der Waals surface area (Å²) in [7, 11) is 0. The monoisotopic (exact) mass is 381 g/mol. The highest BCUT2D eigenvalue weighted by molar-refractivity contribution is 14.1. The molecule has 20 heavy (non-hydrogen) atoms. The van der Waals surface area contributed by atoms with Crippen LogP contribution in [0.15, 0.2) is 42.5 Å². The number of halogens is 2. The molecular weight excluding hydrogens is 368 g/mol. The molecule has 102 valence electrons. The molecule has 0 bridgehead atoms. The average molecular weight is 381 g/mol. The van der Waals surface area contributed by atoms with Crippen LogP contribution in [0.3, 0.4) is 0 Å². The molecule has 0 N–H and O–H groups in total. The summed E-state index contributed by atoms with van der Waals surface area (Å²) in [6.45, 7) is 0.568. The fourth-order valence-corrected chi connectivity index (χ4v) is 2.91. The number of benzene rings is 2. The second kappa shape index (κ2) is 5.52. The molecule has 0 saturated carbocycles. The van der Waals surface area contributed by atoms with Gasteiger partial charge >= 0.3 is 0 Å². The lowest BCUT2D eigenvalue weighted by atomic mass is 10.0. The summed E-state index contributed by atoms with van der Waals surface area (Å²) < 4.78 is 15.1. The van der Waals surface area contributed by atoms with E-state index in [0.29, 0.717) is 17.8 Å². The van der Waals surface area contributed by atoms with E-state index >= 15 is 0 Å². The first kappa shape index (κ1) is 13.5. The molecule has 0 atom stereocenters. The highest BCUT2D eigenvalue weighted by atomic mass is 127. The quantitative estimate of drug-likeness (QED) is 0.684. The van der Waals surface area contributed by atoms with Crippen molar-refractivity contribution in [2.24, 2.45) is 0 Å².